The van der Waals surface area contributed by atoms with E-state index in [2.05, 4.69) is 4.98 Å². The minimum Gasteiger partial charge on any atom is -0.389 e. The maximum atomic E-state index is 10.9. The average Bonchev–Trinajstić information content (AvgIpc) is 2.77. The zero-order chi connectivity index (χ0) is 14.0. The molecule has 2 unspecified atom stereocenters. The highest BCUT2D eigenvalue weighted by atomic mass is 35.5. The summed E-state index contributed by atoms with van der Waals surface area (Å²) in [6.45, 7) is 1.43. The van der Waals surface area contributed by atoms with Gasteiger partial charge in [-0.2, -0.15) is 0 Å². The molecule has 2 aromatic rings. The van der Waals surface area contributed by atoms with Gasteiger partial charge in [-0.3, -0.25) is 4.79 Å². The van der Waals surface area contributed by atoms with Gasteiger partial charge in [0.1, 0.15) is 6.10 Å². The summed E-state index contributed by atoms with van der Waals surface area (Å²) in [4.78, 5) is 13.9. The van der Waals surface area contributed by atoms with Crippen molar-refractivity contribution in [2.24, 2.45) is 0 Å². The molecule has 102 valence electrons. The van der Waals surface area contributed by atoms with E-state index in [9.17, 15) is 15.0 Å². The molecule has 0 saturated heterocycles. The van der Waals surface area contributed by atoms with Crippen molar-refractivity contribution in [1.29, 1.82) is 0 Å². The molecule has 0 bridgehead atoms. The number of carbonyl (C=O) groups excluding carboxylic acids is 1. The minimum atomic E-state index is -1.04. The second-order valence-electron chi connectivity index (χ2n) is 4.25. The van der Waals surface area contributed by atoms with E-state index in [0.717, 1.165) is 22.7 Å². The largest absolute Gasteiger partial charge is 0.389 e. The zero-order valence-electron chi connectivity index (χ0n) is 10.3. The number of aliphatic hydroxyl groups is 2. The van der Waals surface area contributed by atoms with Crippen LogP contribution in [0.1, 0.15) is 18.6 Å². The van der Waals surface area contributed by atoms with Gasteiger partial charge >= 0.3 is 0 Å². The molecule has 1 heterocycles. The van der Waals surface area contributed by atoms with Crippen molar-refractivity contribution in [1.82, 2.24) is 4.98 Å². The number of fused-ring (bicyclic) bond motifs is 1. The second kappa shape index (κ2) is 5.96. The lowest BCUT2D eigenvalue weighted by Crippen LogP contribution is -2.21. The van der Waals surface area contributed by atoms with E-state index in [0.29, 0.717) is 10.6 Å². The zero-order valence-corrected chi connectivity index (χ0v) is 11.8. The van der Waals surface area contributed by atoms with Crippen molar-refractivity contribution < 1.29 is 15.0 Å². The molecule has 1 aromatic heterocycles. The van der Waals surface area contributed by atoms with Gasteiger partial charge in [0.05, 0.1) is 6.10 Å². The number of hydrogen-bond acceptors (Lipinski definition) is 4. The van der Waals surface area contributed by atoms with Crippen LogP contribution in [0, 0.1) is 0 Å². The van der Waals surface area contributed by atoms with Crippen molar-refractivity contribution in [2.45, 2.75) is 19.1 Å². The Bertz CT molecular complexity index is 599. The number of nitrogens with one attached hydrogen (secondary N) is 1. The summed E-state index contributed by atoms with van der Waals surface area (Å²) in [5.41, 5.74) is 1.40. The maximum Gasteiger partial charge on any atom is 0.185 e. The van der Waals surface area contributed by atoms with Crippen molar-refractivity contribution in [3.8, 4) is 0 Å². The third-order valence-electron chi connectivity index (χ3n) is 2.82. The van der Waals surface area contributed by atoms with Crippen LogP contribution >= 0.6 is 23.4 Å². The lowest BCUT2D eigenvalue weighted by atomic mass is 10.0. The Balaban J connectivity index is 2.21. The number of H-pyrrole nitrogens is 1. The van der Waals surface area contributed by atoms with Gasteiger partial charge in [0.25, 0.3) is 0 Å². The van der Waals surface area contributed by atoms with Crippen molar-refractivity contribution in [3.63, 3.8) is 0 Å². The van der Waals surface area contributed by atoms with Crippen molar-refractivity contribution >= 4 is 39.4 Å². The first kappa shape index (κ1) is 14.4. The molecule has 0 saturated carbocycles. The number of aromatic amines is 1. The van der Waals surface area contributed by atoms with Crippen LogP contribution in [0.25, 0.3) is 10.9 Å². The quantitative estimate of drug-likeness (QED) is 0.811. The number of carbonyl (C=O) groups is 1. The Hall–Kier alpha value is -1.01. The Morgan fingerprint density at radius 1 is 1.47 bits per heavy atom. The number of rotatable bonds is 4. The summed E-state index contributed by atoms with van der Waals surface area (Å²) in [6.07, 6.45) is -0.391. The molecule has 6 heteroatoms. The molecule has 1 aromatic carbocycles. The topological polar surface area (TPSA) is 73.3 Å². The van der Waals surface area contributed by atoms with Gasteiger partial charge in [0.15, 0.2) is 5.12 Å². The van der Waals surface area contributed by atoms with E-state index < -0.39 is 12.2 Å². The maximum absolute atomic E-state index is 10.9. The molecule has 0 amide bonds. The lowest BCUT2D eigenvalue weighted by Gasteiger charge is -2.16. The van der Waals surface area contributed by atoms with Gasteiger partial charge in [-0.15, -0.1) is 0 Å². The van der Waals surface area contributed by atoms with E-state index in [-0.39, 0.29) is 10.9 Å². The number of aliphatic hydroxyl groups excluding tert-OH is 2. The highest BCUT2D eigenvalue weighted by molar-refractivity contribution is 8.13. The second-order valence-corrected chi connectivity index (χ2v) is 5.88. The number of hydrogen-bond donors (Lipinski definition) is 3. The smallest absolute Gasteiger partial charge is 0.185 e. The Morgan fingerprint density at radius 3 is 2.89 bits per heavy atom. The SMILES string of the molecule is CC(=O)SCC(O)C(O)c1c[nH]c2cc(Cl)ccc12. The summed E-state index contributed by atoms with van der Waals surface area (Å²) in [7, 11) is 0. The average molecular weight is 300 g/mol. The van der Waals surface area contributed by atoms with Crippen LogP contribution in [0.5, 0.6) is 0 Å². The van der Waals surface area contributed by atoms with E-state index in [1.165, 1.54) is 6.92 Å². The van der Waals surface area contributed by atoms with E-state index in [4.69, 9.17) is 11.6 Å². The molecule has 4 nitrogen and oxygen atoms in total. The van der Waals surface area contributed by atoms with Crippen LogP contribution in [0.2, 0.25) is 5.02 Å². The fourth-order valence-electron chi connectivity index (χ4n) is 1.87. The van der Waals surface area contributed by atoms with Crippen LogP contribution in [-0.2, 0) is 4.79 Å². The van der Waals surface area contributed by atoms with Crippen LogP contribution in [0.15, 0.2) is 24.4 Å². The summed E-state index contributed by atoms with van der Waals surface area (Å²) in [6, 6.07) is 5.27. The van der Waals surface area contributed by atoms with E-state index >= 15 is 0 Å². The molecule has 0 radical (unpaired) electrons. The Morgan fingerprint density at radius 2 is 2.21 bits per heavy atom. The van der Waals surface area contributed by atoms with E-state index in [1.807, 2.05) is 0 Å². The summed E-state index contributed by atoms with van der Waals surface area (Å²) >= 11 is 6.87. The van der Waals surface area contributed by atoms with Crippen LogP contribution in [-0.4, -0.2) is 32.2 Å². The number of thioether (sulfide) groups is 1. The Labute approximate surface area is 119 Å². The third-order valence-corrected chi connectivity index (χ3v) is 3.97. The van der Waals surface area contributed by atoms with Gasteiger partial charge in [0, 0.05) is 40.4 Å². The highest BCUT2D eigenvalue weighted by Gasteiger charge is 2.22. The predicted molar refractivity (Wildman–Crippen MR) is 77.4 cm³/mol. The summed E-state index contributed by atoms with van der Waals surface area (Å²) in [5.74, 6) is 0.163. The van der Waals surface area contributed by atoms with Gasteiger partial charge in [0.2, 0.25) is 0 Å². The van der Waals surface area contributed by atoms with Crippen LogP contribution in [0.4, 0.5) is 0 Å². The molecule has 19 heavy (non-hydrogen) atoms. The number of aromatic nitrogens is 1. The third kappa shape index (κ3) is 3.30. The monoisotopic (exact) mass is 299 g/mol. The van der Waals surface area contributed by atoms with Crippen molar-refractivity contribution in [3.05, 3.63) is 35.0 Å². The fourth-order valence-corrected chi connectivity index (χ4v) is 2.63. The standard InChI is InChI=1S/C13H14ClNO3S/c1-7(16)19-6-12(17)13(18)10-5-15-11-4-8(14)2-3-9(10)11/h2-5,12-13,15,17-18H,6H2,1H3. The van der Waals surface area contributed by atoms with Crippen LogP contribution in [0.3, 0.4) is 0 Å². The molecular weight excluding hydrogens is 286 g/mol. The summed E-state index contributed by atoms with van der Waals surface area (Å²) in [5, 5.41) is 21.3. The highest BCUT2D eigenvalue weighted by Crippen LogP contribution is 2.29. The van der Waals surface area contributed by atoms with Gasteiger partial charge in [-0.1, -0.05) is 29.4 Å². The number of halogens is 1. The normalized spacial score (nSPS) is 14.5. The first-order valence-corrected chi connectivity index (χ1v) is 7.11. The first-order valence-electron chi connectivity index (χ1n) is 5.75. The molecule has 0 aliphatic heterocycles. The summed E-state index contributed by atoms with van der Waals surface area (Å²) < 4.78 is 0. The van der Waals surface area contributed by atoms with Crippen molar-refractivity contribution in [2.75, 3.05) is 5.75 Å². The lowest BCUT2D eigenvalue weighted by molar-refractivity contribution is -0.109. The van der Waals surface area contributed by atoms with E-state index in [1.54, 1.807) is 24.4 Å². The molecule has 0 fully saturated rings. The van der Waals surface area contributed by atoms with Gasteiger partial charge < -0.3 is 15.2 Å². The minimum absolute atomic E-state index is 0.0861. The Kier molecular flexibility index (Phi) is 4.52. The van der Waals surface area contributed by atoms with Gasteiger partial charge in [-0.25, -0.2) is 0 Å². The van der Waals surface area contributed by atoms with Crippen LogP contribution < -0.4 is 0 Å². The fraction of sp³-hybridized carbons (Fsp3) is 0.308. The van der Waals surface area contributed by atoms with Gasteiger partial charge in [-0.05, 0) is 12.1 Å². The molecular formula is C13H14ClNO3S. The number of benzene rings is 1. The first-order chi connectivity index (χ1) is 8.99. The molecule has 3 N–H and O–H groups in total. The predicted octanol–water partition coefficient (Wildman–Crippen LogP) is 2.50. The molecule has 2 atom stereocenters. The molecule has 0 spiro atoms. The molecule has 0 aliphatic rings. The molecule has 2 rings (SSSR count). The molecule has 0 aliphatic carbocycles.